The number of nitrogens with one attached hydrogen (secondary N) is 2. The summed E-state index contributed by atoms with van der Waals surface area (Å²) in [4.78, 5) is 18.7. The molecule has 0 unspecified atom stereocenters. The third kappa shape index (κ3) is 7.27. The zero-order valence-electron chi connectivity index (χ0n) is 16.9. The van der Waals surface area contributed by atoms with E-state index in [2.05, 4.69) is 39.7 Å². The van der Waals surface area contributed by atoms with Gasteiger partial charge in [-0.25, -0.2) is 0 Å². The summed E-state index contributed by atoms with van der Waals surface area (Å²) in [5, 5.41) is 14.9. The van der Waals surface area contributed by atoms with E-state index in [0.29, 0.717) is 12.6 Å². The van der Waals surface area contributed by atoms with Crippen molar-refractivity contribution in [1.82, 2.24) is 30.3 Å². The van der Waals surface area contributed by atoms with Crippen molar-refractivity contribution in [3.63, 3.8) is 0 Å². The van der Waals surface area contributed by atoms with E-state index in [1.807, 2.05) is 23.3 Å². The minimum atomic E-state index is 0. The fourth-order valence-electron chi connectivity index (χ4n) is 3.13. The van der Waals surface area contributed by atoms with Gasteiger partial charge < -0.3 is 20.1 Å². The second-order valence-corrected chi connectivity index (χ2v) is 6.95. The lowest BCUT2D eigenvalue weighted by Gasteiger charge is -2.34. The van der Waals surface area contributed by atoms with Crippen molar-refractivity contribution in [3.8, 4) is 0 Å². The smallest absolute Gasteiger partial charge is 0.225 e. The van der Waals surface area contributed by atoms with Crippen LogP contribution in [0.15, 0.2) is 11.3 Å². The average Bonchev–Trinajstić information content (AvgIpc) is 3.09. The van der Waals surface area contributed by atoms with E-state index in [-0.39, 0.29) is 35.8 Å². The molecule has 1 aromatic rings. The van der Waals surface area contributed by atoms with Crippen LogP contribution in [-0.4, -0.2) is 63.8 Å². The molecular formula is C18H34IN7O. The second-order valence-electron chi connectivity index (χ2n) is 6.95. The Morgan fingerprint density at radius 2 is 2.04 bits per heavy atom. The topological polar surface area (TPSA) is 87.4 Å². The van der Waals surface area contributed by atoms with Crippen molar-refractivity contribution in [2.75, 3.05) is 26.2 Å². The van der Waals surface area contributed by atoms with Crippen LogP contribution < -0.4 is 10.6 Å². The standard InChI is InChI=1S/C18H33N7O.HI/c1-5-16-23-21-13-25(16)12-9-20-18(19-6-2)22-15-7-10-24(11-8-15)17(26)14(3)4;/h13-15H,5-12H2,1-4H3,(H2,19,20,22);1H. The molecule has 0 aliphatic carbocycles. The summed E-state index contributed by atoms with van der Waals surface area (Å²) in [6, 6.07) is 0.352. The first-order valence-electron chi connectivity index (χ1n) is 9.75. The lowest BCUT2D eigenvalue weighted by atomic mass is 10.0. The lowest BCUT2D eigenvalue weighted by molar-refractivity contribution is -0.135. The van der Waals surface area contributed by atoms with Gasteiger partial charge in [-0.2, -0.15) is 0 Å². The Labute approximate surface area is 179 Å². The third-order valence-corrected chi connectivity index (χ3v) is 4.61. The largest absolute Gasteiger partial charge is 0.357 e. The number of halogens is 1. The highest BCUT2D eigenvalue weighted by molar-refractivity contribution is 14.0. The molecule has 9 heteroatoms. The average molecular weight is 491 g/mol. The zero-order valence-corrected chi connectivity index (χ0v) is 19.3. The fraction of sp³-hybridized carbons (Fsp3) is 0.778. The Kier molecular flexibility index (Phi) is 10.6. The molecule has 0 saturated carbocycles. The number of guanidine groups is 1. The van der Waals surface area contributed by atoms with E-state index in [4.69, 9.17) is 0 Å². The summed E-state index contributed by atoms with van der Waals surface area (Å²) in [6.07, 6.45) is 4.54. The molecule has 0 aromatic carbocycles. The van der Waals surface area contributed by atoms with Crippen LogP contribution in [0.5, 0.6) is 0 Å². The van der Waals surface area contributed by atoms with Gasteiger partial charge >= 0.3 is 0 Å². The highest BCUT2D eigenvalue weighted by atomic mass is 127. The molecule has 2 rings (SSSR count). The number of rotatable bonds is 7. The highest BCUT2D eigenvalue weighted by Gasteiger charge is 2.24. The molecule has 1 amide bonds. The molecule has 0 bridgehead atoms. The van der Waals surface area contributed by atoms with E-state index in [1.165, 1.54) is 0 Å². The predicted octanol–water partition coefficient (Wildman–Crippen LogP) is 1.66. The second kappa shape index (κ2) is 12.1. The van der Waals surface area contributed by atoms with Gasteiger partial charge in [0, 0.05) is 44.6 Å². The number of carbonyl (C=O) groups is 1. The minimum Gasteiger partial charge on any atom is -0.357 e. The van der Waals surface area contributed by atoms with Crippen LogP contribution in [0.25, 0.3) is 0 Å². The van der Waals surface area contributed by atoms with Gasteiger partial charge in [-0.3, -0.25) is 9.79 Å². The number of aliphatic imine (C=N–C) groups is 1. The summed E-state index contributed by atoms with van der Waals surface area (Å²) in [6.45, 7) is 12.0. The van der Waals surface area contributed by atoms with Crippen LogP contribution in [-0.2, 0) is 17.8 Å². The maximum atomic E-state index is 12.1. The van der Waals surface area contributed by atoms with Crippen molar-refractivity contribution in [2.24, 2.45) is 10.9 Å². The Balaban J connectivity index is 0.00000364. The van der Waals surface area contributed by atoms with Gasteiger partial charge in [0.25, 0.3) is 0 Å². The summed E-state index contributed by atoms with van der Waals surface area (Å²) in [5.74, 6) is 2.15. The molecule has 1 aromatic heterocycles. The molecular weight excluding hydrogens is 457 g/mol. The van der Waals surface area contributed by atoms with Gasteiger partial charge in [-0.1, -0.05) is 20.8 Å². The third-order valence-electron chi connectivity index (χ3n) is 4.61. The first kappa shape index (κ1) is 23.6. The van der Waals surface area contributed by atoms with Crippen molar-refractivity contribution in [2.45, 2.75) is 59.5 Å². The monoisotopic (exact) mass is 491 g/mol. The van der Waals surface area contributed by atoms with Crippen LogP contribution in [0.4, 0.5) is 0 Å². The van der Waals surface area contributed by atoms with Crippen molar-refractivity contribution < 1.29 is 4.79 Å². The fourth-order valence-corrected chi connectivity index (χ4v) is 3.13. The molecule has 0 atom stereocenters. The summed E-state index contributed by atoms with van der Waals surface area (Å²) < 4.78 is 2.04. The van der Waals surface area contributed by atoms with E-state index in [9.17, 15) is 4.79 Å². The number of likely N-dealkylation sites (tertiary alicyclic amines) is 1. The van der Waals surface area contributed by atoms with Crippen LogP contribution in [0, 0.1) is 5.92 Å². The van der Waals surface area contributed by atoms with Crippen LogP contribution in [0.3, 0.4) is 0 Å². The molecule has 1 saturated heterocycles. The molecule has 0 spiro atoms. The Bertz CT molecular complexity index is 594. The zero-order chi connectivity index (χ0) is 18.9. The van der Waals surface area contributed by atoms with Gasteiger partial charge in [0.1, 0.15) is 12.2 Å². The van der Waals surface area contributed by atoms with E-state index in [1.54, 1.807) is 6.33 Å². The normalized spacial score (nSPS) is 15.6. The Morgan fingerprint density at radius 3 is 2.63 bits per heavy atom. The molecule has 154 valence electrons. The first-order valence-corrected chi connectivity index (χ1v) is 9.75. The van der Waals surface area contributed by atoms with Crippen molar-refractivity contribution in [3.05, 3.63) is 12.2 Å². The number of hydrogen-bond donors (Lipinski definition) is 2. The van der Waals surface area contributed by atoms with E-state index < -0.39 is 0 Å². The molecule has 1 aliphatic rings. The maximum absolute atomic E-state index is 12.1. The molecule has 2 heterocycles. The van der Waals surface area contributed by atoms with Crippen LogP contribution in [0.1, 0.15) is 46.4 Å². The number of carbonyl (C=O) groups excluding carboxylic acids is 1. The van der Waals surface area contributed by atoms with Gasteiger partial charge in [0.05, 0.1) is 6.54 Å². The summed E-state index contributed by atoms with van der Waals surface area (Å²) in [7, 11) is 0. The maximum Gasteiger partial charge on any atom is 0.225 e. The van der Waals surface area contributed by atoms with Gasteiger partial charge in [-0.15, -0.1) is 34.2 Å². The lowest BCUT2D eigenvalue weighted by Crippen LogP contribution is -2.50. The number of amides is 1. The number of nitrogens with zero attached hydrogens (tertiary/aromatic N) is 5. The van der Waals surface area contributed by atoms with Gasteiger partial charge in [-0.05, 0) is 19.8 Å². The predicted molar refractivity (Wildman–Crippen MR) is 118 cm³/mol. The van der Waals surface area contributed by atoms with Crippen LogP contribution >= 0.6 is 24.0 Å². The highest BCUT2D eigenvalue weighted by Crippen LogP contribution is 2.13. The number of piperidine rings is 1. The van der Waals surface area contributed by atoms with Crippen molar-refractivity contribution in [1.29, 1.82) is 0 Å². The summed E-state index contributed by atoms with van der Waals surface area (Å²) >= 11 is 0. The molecule has 8 nitrogen and oxygen atoms in total. The van der Waals surface area contributed by atoms with Gasteiger partial charge in [0.2, 0.25) is 5.91 Å². The molecule has 1 fully saturated rings. The quantitative estimate of drug-likeness (QED) is 0.344. The SMILES string of the molecule is CCNC(=NCCn1cnnc1CC)NC1CCN(C(=O)C(C)C)CC1.I. The Morgan fingerprint density at radius 1 is 1.33 bits per heavy atom. The van der Waals surface area contributed by atoms with Crippen molar-refractivity contribution >= 4 is 35.8 Å². The van der Waals surface area contributed by atoms with Gasteiger partial charge in [0.15, 0.2) is 5.96 Å². The Hall–Kier alpha value is -1.39. The first-order chi connectivity index (χ1) is 12.5. The minimum absolute atomic E-state index is 0. The number of aryl methyl sites for hydroxylation is 1. The molecule has 1 aliphatic heterocycles. The number of hydrogen-bond acceptors (Lipinski definition) is 4. The van der Waals surface area contributed by atoms with E-state index >= 15 is 0 Å². The summed E-state index contributed by atoms with van der Waals surface area (Å²) in [5.41, 5.74) is 0. The molecule has 27 heavy (non-hydrogen) atoms. The molecule has 2 N–H and O–H groups in total. The number of aromatic nitrogens is 3. The molecule has 0 radical (unpaired) electrons. The van der Waals surface area contributed by atoms with Crippen LogP contribution in [0.2, 0.25) is 0 Å². The van der Waals surface area contributed by atoms with E-state index in [0.717, 1.165) is 57.2 Å².